The Morgan fingerprint density at radius 1 is 1.53 bits per heavy atom. The number of rotatable bonds is 3. The second-order valence-corrected chi connectivity index (χ2v) is 4.15. The molecule has 0 saturated heterocycles. The molecule has 1 amide bonds. The predicted octanol–water partition coefficient (Wildman–Crippen LogP) is 0.193. The highest BCUT2D eigenvalue weighted by molar-refractivity contribution is 6.00. The Morgan fingerprint density at radius 3 is 2.88 bits per heavy atom. The fourth-order valence-corrected chi connectivity index (χ4v) is 1.96. The molecule has 0 aliphatic carbocycles. The van der Waals surface area contributed by atoms with E-state index in [0.29, 0.717) is 6.42 Å². The van der Waals surface area contributed by atoms with Crippen LogP contribution in [0, 0.1) is 0 Å². The molecule has 1 aromatic rings. The molecule has 0 fully saturated rings. The van der Waals surface area contributed by atoms with Crippen LogP contribution in [0.1, 0.15) is 11.1 Å². The monoisotopic (exact) mass is 235 g/mol. The van der Waals surface area contributed by atoms with Crippen LogP contribution in [0.5, 0.6) is 0 Å². The molecule has 1 aliphatic heterocycles. The van der Waals surface area contributed by atoms with Crippen molar-refractivity contribution in [3.05, 3.63) is 29.3 Å². The van der Waals surface area contributed by atoms with Crippen LogP contribution in [0.4, 0.5) is 5.69 Å². The third-order valence-electron chi connectivity index (χ3n) is 2.94. The second-order valence-electron chi connectivity index (χ2n) is 4.15. The first-order valence-electron chi connectivity index (χ1n) is 5.28. The maximum atomic E-state index is 11.5. The van der Waals surface area contributed by atoms with E-state index < -0.39 is 12.1 Å². The Balaban J connectivity index is 2.21. The number of nitrogens with zero attached hydrogens (tertiary/aromatic N) is 1. The van der Waals surface area contributed by atoms with Crippen molar-refractivity contribution >= 4 is 17.6 Å². The minimum atomic E-state index is -1.40. The number of fused-ring (bicyclic) bond motifs is 1. The molecule has 0 aromatic heterocycles. The third-order valence-corrected chi connectivity index (χ3v) is 2.94. The van der Waals surface area contributed by atoms with Gasteiger partial charge in [0.2, 0.25) is 5.91 Å². The van der Waals surface area contributed by atoms with Crippen molar-refractivity contribution in [2.75, 3.05) is 11.9 Å². The van der Waals surface area contributed by atoms with E-state index in [2.05, 4.69) is 0 Å². The van der Waals surface area contributed by atoms with E-state index in [1.165, 1.54) is 0 Å². The lowest BCUT2D eigenvalue weighted by Gasteiger charge is -2.11. The van der Waals surface area contributed by atoms with E-state index in [1.54, 1.807) is 30.1 Å². The van der Waals surface area contributed by atoms with Gasteiger partial charge in [-0.2, -0.15) is 0 Å². The van der Waals surface area contributed by atoms with Crippen molar-refractivity contribution in [2.24, 2.45) is 0 Å². The number of aliphatic hydroxyl groups is 1. The molecule has 0 bridgehead atoms. The smallest absolute Gasteiger partial charge is 0.332 e. The summed E-state index contributed by atoms with van der Waals surface area (Å²) >= 11 is 0. The van der Waals surface area contributed by atoms with Crippen LogP contribution in [0.15, 0.2) is 18.2 Å². The van der Waals surface area contributed by atoms with Gasteiger partial charge in [0, 0.05) is 19.2 Å². The van der Waals surface area contributed by atoms with Crippen LogP contribution in [-0.4, -0.2) is 35.2 Å². The van der Waals surface area contributed by atoms with Crippen molar-refractivity contribution in [2.45, 2.75) is 18.9 Å². The Morgan fingerprint density at radius 2 is 2.24 bits per heavy atom. The second kappa shape index (κ2) is 4.18. The van der Waals surface area contributed by atoms with E-state index in [9.17, 15) is 14.7 Å². The lowest BCUT2D eigenvalue weighted by molar-refractivity contribution is -0.146. The van der Waals surface area contributed by atoms with Crippen LogP contribution < -0.4 is 4.90 Å². The average Bonchev–Trinajstić information content (AvgIpc) is 2.54. The van der Waals surface area contributed by atoms with Gasteiger partial charge in [0.15, 0.2) is 6.10 Å². The summed E-state index contributed by atoms with van der Waals surface area (Å²) in [4.78, 5) is 23.6. The Bertz CT molecular complexity index is 483. The molecule has 1 aromatic carbocycles. The van der Waals surface area contributed by atoms with Crippen molar-refractivity contribution < 1.29 is 19.8 Å². The molecule has 0 spiro atoms. The summed E-state index contributed by atoms with van der Waals surface area (Å²) < 4.78 is 0. The fourth-order valence-electron chi connectivity index (χ4n) is 1.96. The van der Waals surface area contributed by atoms with E-state index in [-0.39, 0.29) is 12.3 Å². The van der Waals surface area contributed by atoms with E-state index in [4.69, 9.17) is 5.11 Å². The summed E-state index contributed by atoms with van der Waals surface area (Å²) in [6.07, 6.45) is -1.01. The van der Waals surface area contributed by atoms with Gasteiger partial charge in [-0.15, -0.1) is 0 Å². The first-order valence-corrected chi connectivity index (χ1v) is 5.28. The van der Waals surface area contributed by atoms with Gasteiger partial charge in [0.1, 0.15) is 0 Å². The van der Waals surface area contributed by atoms with Crippen molar-refractivity contribution in [1.29, 1.82) is 0 Å². The molecule has 5 nitrogen and oxygen atoms in total. The summed E-state index contributed by atoms with van der Waals surface area (Å²) in [6, 6.07) is 5.30. The predicted molar refractivity (Wildman–Crippen MR) is 60.9 cm³/mol. The number of likely N-dealkylation sites (N-methyl/N-ethyl adjacent to an activating group) is 1. The zero-order chi connectivity index (χ0) is 12.6. The number of anilines is 1. The molecule has 2 rings (SSSR count). The molecule has 17 heavy (non-hydrogen) atoms. The molecule has 0 saturated carbocycles. The van der Waals surface area contributed by atoms with Gasteiger partial charge in [-0.25, -0.2) is 4.79 Å². The highest BCUT2D eigenvalue weighted by atomic mass is 16.4. The zero-order valence-electron chi connectivity index (χ0n) is 9.38. The summed E-state index contributed by atoms with van der Waals surface area (Å²) in [5.74, 6) is -1.21. The highest BCUT2D eigenvalue weighted by Crippen LogP contribution is 2.28. The summed E-state index contributed by atoms with van der Waals surface area (Å²) in [7, 11) is 1.71. The van der Waals surface area contributed by atoms with Crippen molar-refractivity contribution in [3.63, 3.8) is 0 Å². The van der Waals surface area contributed by atoms with Crippen LogP contribution in [0.2, 0.25) is 0 Å². The normalized spacial score (nSPS) is 15.9. The largest absolute Gasteiger partial charge is 0.479 e. The SMILES string of the molecule is CN1C(=O)Cc2cc(CC(O)C(=O)O)ccc21. The lowest BCUT2D eigenvalue weighted by atomic mass is 10.0. The minimum absolute atomic E-state index is 0.0240. The molecule has 1 aliphatic rings. The van der Waals surface area contributed by atoms with Crippen LogP contribution in [0.3, 0.4) is 0 Å². The molecule has 5 heteroatoms. The molecule has 1 atom stereocenters. The quantitative estimate of drug-likeness (QED) is 0.784. The number of carboxylic acids is 1. The standard InChI is InChI=1S/C12H13NO4/c1-13-9-3-2-7(5-10(14)12(16)17)4-8(9)6-11(13)15/h2-4,10,14H,5-6H2,1H3,(H,16,17). The van der Waals surface area contributed by atoms with Gasteiger partial charge in [-0.3, -0.25) is 4.79 Å². The number of aliphatic hydroxyl groups excluding tert-OH is 1. The summed E-state index contributed by atoms with van der Waals surface area (Å²) in [5, 5.41) is 17.9. The molecular weight excluding hydrogens is 222 g/mol. The zero-order valence-corrected chi connectivity index (χ0v) is 9.38. The van der Waals surface area contributed by atoms with Gasteiger partial charge < -0.3 is 15.1 Å². The van der Waals surface area contributed by atoms with Gasteiger partial charge in [-0.1, -0.05) is 12.1 Å². The van der Waals surface area contributed by atoms with E-state index >= 15 is 0 Å². The first-order chi connectivity index (χ1) is 7.99. The van der Waals surface area contributed by atoms with Crippen molar-refractivity contribution in [3.8, 4) is 0 Å². The van der Waals surface area contributed by atoms with Gasteiger partial charge in [-0.05, 0) is 17.2 Å². The molecule has 1 unspecified atom stereocenters. The molecular formula is C12H13NO4. The van der Waals surface area contributed by atoms with Crippen molar-refractivity contribution in [1.82, 2.24) is 0 Å². The Kier molecular flexibility index (Phi) is 2.85. The highest BCUT2D eigenvalue weighted by Gasteiger charge is 2.24. The van der Waals surface area contributed by atoms with Gasteiger partial charge in [0.05, 0.1) is 6.42 Å². The van der Waals surface area contributed by atoms with Gasteiger partial charge in [0.25, 0.3) is 0 Å². The Labute approximate surface area is 98.3 Å². The molecule has 1 heterocycles. The maximum absolute atomic E-state index is 11.5. The lowest BCUT2D eigenvalue weighted by Crippen LogP contribution is -2.22. The first kappa shape index (κ1) is 11.6. The van der Waals surface area contributed by atoms with Crippen LogP contribution in [0.25, 0.3) is 0 Å². The Hall–Kier alpha value is -1.88. The number of carbonyl (C=O) groups excluding carboxylic acids is 1. The number of amides is 1. The topological polar surface area (TPSA) is 77.8 Å². The molecule has 90 valence electrons. The molecule has 0 radical (unpaired) electrons. The summed E-state index contributed by atoms with van der Waals surface area (Å²) in [5.41, 5.74) is 2.46. The van der Waals surface area contributed by atoms with E-state index in [0.717, 1.165) is 16.8 Å². The number of aliphatic carboxylic acids is 1. The van der Waals surface area contributed by atoms with E-state index in [1.807, 2.05) is 0 Å². The average molecular weight is 235 g/mol. The van der Waals surface area contributed by atoms with Gasteiger partial charge >= 0.3 is 5.97 Å². The third kappa shape index (κ3) is 2.14. The van der Waals surface area contributed by atoms with Crippen LogP contribution >= 0.6 is 0 Å². The number of carbonyl (C=O) groups is 2. The number of hydrogen-bond donors (Lipinski definition) is 2. The summed E-state index contributed by atoms with van der Waals surface area (Å²) in [6.45, 7) is 0. The maximum Gasteiger partial charge on any atom is 0.332 e. The minimum Gasteiger partial charge on any atom is -0.479 e. The number of carboxylic acid groups (broad SMARTS) is 1. The van der Waals surface area contributed by atoms with Crippen LogP contribution in [-0.2, 0) is 22.4 Å². The fraction of sp³-hybridized carbons (Fsp3) is 0.333. The number of benzene rings is 1. The molecule has 2 N–H and O–H groups in total. The number of hydrogen-bond acceptors (Lipinski definition) is 3.